The molecule has 1 aromatic heterocycles. The molecule has 0 aliphatic rings. The zero-order valence-corrected chi connectivity index (χ0v) is 14.4. The third-order valence-electron chi connectivity index (χ3n) is 4.36. The van der Waals surface area contributed by atoms with Crippen molar-refractivity contribution >= 4 is 5.82 Å². The Morgan fingerprint density at radius 2 is 1.29 bits per heavy atom. The van der Waals surface area contributed by atoms with E-state index in [4.69, 9.17) is 5.73 Å². The molecule has 0 amide bonds. The molecule has 0 bridgehead atoms. The Bertz CT molecular complexity index is 953. The third kappa shape index (κ3) is 3.39. The van der Waals surface area contributed by atoms with Crippen LogP contribution in [0.3, 0.4) is 0 Å². The maximum atomic E-state index is 13.0. The molecular weight excluding hydrogens is 386 g/mol. The number of hydrogen-bond acceptors (Lipinski definition) is 2. The fourth-order valence-corrected chi connectivity index (χ4v) is 3.00. The summed E-state index contributed by atoms with van der Waals surface area (Å²) in [7, 11) is 1.40. The number of aromatic hydroxyl groups is 1. The molecule has 0 unspecified atom stereocenters. The van der Waals surface area contributed by atoms with Crippen molar-refractivity contribution in [1.29, 1.82) is 0 Å². The molecule has 0 aliphatic carbocycles. The average Bonchev–Trinajstić information content (AvgIpc) is 2.83. The number of halogens is 6. The van der Waals surface area contributed by atoms with Crippen LogP contribution in [-0.2, 0) is 19.4 Å². The topological polar surface area (TPSA) is 51.2 Å². The summed E-state index contributed by atoms with van der Waals surface area (Å²) < 4.78 is 79.2. The van der Waals surface area contributed by atoms with Crippen molar-refractivity contribution in [1.82, 2.24) is 4.57 Å². The summed E-state index contributed by atoms with van der Waals surface area (Å²) in [4.78, 5) is 0. The number of nitrogen functional groups attached to an aromatic ring is 1. The van der Waals surface area contributed by atoms with Crippen LogP contribution in [0.1, 0.15) is 11.1 Å². The van der Waals surface area contributed by atoms with Gasteiger partial charge in [-0.25, -0.2) is 0 Å². The summed E-state index contributed by atoms with van der Waals surface area (Å²) in [5.74, 6) is -0.581. The molecule has 9 heteroatoms. The van der Waals surface area contributed by atoms with E-state index >= 15 is 0 Å². The molecule has 148 valence electrons. The summed E-state index contributed by atoms with van der Waals surface area (Å²) in [6.45, 7) is 0. The zero-order chi connectivity index (χ0) is 20.9. The van der Waals surface area contributed by atoms with Gasteiger partial charge in [-0.15, -0.1) is 0 Å². The highest BCUT2D eigenvalue weighted by Gasteiger charge is 2.33. The lowest BCUT2D eigenvalue weighted by Gasteiger charge is -2.10. The van der Waals surface area contributed by atoms with Crippen LogP contribution in [0.25, 0.3) is 22.4 Å². The van der Waals surface area contributed by atoms with Crippen LogP contribution >= 0.6 is 0 Å². The molecule has 0 spiro atoms. The Kier molecular flexibility index (Phi) is 4.57. The Morgan fingerprint density at radius 3 is 1.79 bits per heavy atom. The van der Waals surface area contributed by atoms with Crippen LogP contribution in [0.4, 0.5) is 32.2 Å². The highest BCUT2D eigenvalue weighted by Crippen LogP contribution is 2.46. The van der Waals surface area contributed by atoms with E-state index in [0.29, 0.717) is 0 Å². The number of rotatable bonds is 2. The van der Waals surface area contributed by atoms with E-state index in [1.165, 1.54) is 29.8 Å². The molecule has 0 atom stereocenters. The summed E-state index contributed by atoms with van der Waals surface area (Å²) >= 11 is 0. The number of benzene rings is 2. The first kappa shape index (κ1) is 19.7. The minimum atomic E-state index is -4.60. The lowest BCUT2D eigenvalue weighted by molar-refractivity contribution is -0.138. The first-order chi connectivity index (χ1) is 12.9. The number of aromatic nitrogens is 1. The highest BCUT2D eigenvalue weighted by atomic mass is 19.4. The second-order valence-corrected chi connectivity index (χ2v) is 6.17. The summed E-state index contributed by atoms with van der Waals surface area (Å²) in [5, 5.41) is 10.6. The predicted molar refractivity (Wildman–Crippen MR) is 92.4 cm³/mol. The van der Waals surface area contributed by atoms with Gasteiger partial charge in [-0.3, -0.25) is 0 Å². The van der Waals surface area contributed by atoms with E-state index in [1.807, 2.05) is 0 Å². The second-order valence-electron chi connectivity index (χ2n) is 6.17. The Hall–Kier alpha value is -3.10. The van der Waals surface area contributed by atoms with Gasteiger partial charge in [0.2, 0.25) is 0 Å². The lowest BCUT2D eigenvalue weighted by Crippen LogP contribution is -2.05. The van der Waals surface area contributed by atoms with Crippen LogP contribution in [0.2, 0.25) is 0 Å². The van der Waals surface area contributed by atoms with Gasteiger partial charge in [0.05, 0.1) is 22.4 Å². The van der Waals surface area contributed by atoms with Crippen molar-refractivity contribution in [2.75, 3.05) is 5.73 Å². The SMILES string of the molecule is Cn1c(N)c(-c2cccc(C(F)(F)F)c2)c(O)c1-c1cccc(C(F)(F)F)c1. The fourth-order valence-electron chi connectivity index (χ4n) is 3.00. The standard InChI is InChI=1S/C19H14F6N2O/c1-27-15(11-5-3-7-13(9-11)19(23,24)25)16(28)14(17(27)26)10-4-2-6-12(8-10)18(20,21)22/h2-9,28H,26H2,1H3. The minimum absolute atomic E-state index is 0.00125. The molecule has 2 aromatic carbocycles. The van der Waals surface area contributed by atoms with Gasteiger partial charge in [0.25, 0.3) is 0 Å². The molecule has 0 saturated heterocycles. The number of alkyl halides is 6. The van der Waals surface area contributed by atoms with E-state index in [-0.39, 0.29) is 28.2 Å². The van der Waals surface area contributed by atoms with Crippen LogP contribution in [0.5, 0.6) is 5.75 Å². The third-order valence-corrected chi connectivity index (χ3v) is 4.36. The van der Waals surface area contributed by atoms with E-state index < -0.39 is 29.2 Å². The van der Waals surface area contributed by atoms with Gasteiger partial charge in [0.15, 0.2) is 5.75 Å². The summed E-state index contributed by atoms with van der Waals surface area (Å²) in [6.07, 6.45) is -9.19. The average molecular weight is 400 g/mol. The van der Waals surface area contributed by atoms with Crippen molar-refractivity contribution < 1.29 is 31.4 Å². The Morgan fingerprint density at radius 1 is 0.821 bits per heavy atom. The highest BCUT2D eigenvalue weighted by molar-refractivity contribution is 5.89. The number of hydrogen-bond donors (Lipinski definition) is 2. The largest absolute Gasteiger partial charge is 0.505 e. The summed E-state index contributed by atoms with van der Waals surface area (Å²) in [5.41, 5.74) is 4.01. The van der Waals surface area contributed by atoms with Crippen LogP contribution in [-0.4, -0.2) is 9.67 Å². The minimum Gasteiger partial charge on any atom is -0.505 e. The van der Waals surface area contributed by atoms with Gasteiger partial charge < -0.3 is 15.4 Å². The molecule has 0 aliphatic heterocycles. The van der Waals surface area contributed by atoms with Gasteiger partial charge in [-0.05, 0) is 29.8 Å². The normalized spacial score (nSPS) is 12.4. The predicted octanol–water partition coefficient (Wildman–Crippen LogP) is 5.68. The van der Waals surface area contributed by atoms with Gasteiger partial charge in [-0.1, -0.05) is 24.3 Å². The van der Waals surface area contributed by atoms with E-state index in [1.54, 1.807) is 0 Å². The number of nitrogens with two attached hydrogens (primary N) is 1. The molecule has 0 saturated carbocycles. The number of nitrogens with zero attached hydrogens (tertiary/aromatic N) is 1. The zero-order valence-electron chi connectivity index (χ0n) is 14.4. The molecule has 3 N–H and O–H groups in total. The number of anilines is 1. The molecule has 28 heavy (non-hydrogen) atoms. The molecule has 1 heterocycles. The molecule has 3 nitrogen and oxygen atoms in total. The van der Waals surface area contributed by atoms with Crippen molar-refractivity contribution in [3.05, 3.63) is 59.7 Å². The maximum absolute atomic E-state index is 13.0. The van der Waals surface area contributed by atoms with Gasteiger partial charge in [0, 0.05) is 12.6 Å². The quantitative estimate of drug-likeness (QED) is 0.544. The van der Waals surface area contributed by atoms with Gasteiger partial charge in [0.1, 0.15) is 5.82 Å². The molecule has 0 fully saturated rings. The van der Waals surface area contributed by atoms with Crippen molar-refractivity contribution in [2.24, 2.45) is 7.05 Å². The smallest absolute Gasteiger partial charge is 0.416 e. The summed E-state index contributed by atoms with van der Waals surface area (Å²) in [6, 6.07) is 8.41. The van der Waals surface area contributed by atoms with Crippen molar-refractivity contribution in [3.8, 4) is 28.1 Å². The van der Waals surface area contributed by atoms with Crippen LogP contribution in [0.15, 0.2) is 48.5 Å². The molecule has 3 aromatic rings. The van der Waals surface area contributed by atoms with E-state index in [0.717, 1.165) is 30.3 Å². The van der Waals surface area contributed by atoms with Crippen molar-refractivity contribution in [2.45, 2.75) is 12.4 Å². The Balaban J connectivity index is 2.20. The molecule has 3 rings (SSSR count). The van der Waals surface area contributed by atoms with Gasteiger partial charge >= 0.3 is 12.4 Å². The molecular formula is C19H14F6N2O. The lowest BCUT2D eigenvalue weighted by atomic mass is 10.0. The van der Waals surface area contributed by atoms with Crippen molar-refractivity contribution in [3.63, 3.8) is 0 Å². The second kappa shape index (κ2) is 6.50. The van der Waals surface area contributed by atoms with E-state index in [9.17, 15) is 31.4 Å². The fraction of sp³-hybridized carbons (Fsp3) is 0.158. The van der Waals surface area contributed by atoms with Gasteiger partial charge in [-0.2, -0.15) is 26.3 Å². The maximum Gasteiger partial charge on any atom is 0.416 e. The first-order valence-corrected chi connectivity index (χ1v) is 7.93. The van der Waals surface area contributed by atoms with Crippen LogP contribution < -0.4 is 5.73 Å². The Labute approximate surface area is 155 Å². The van der Waals surface area contributed by atoms with E-state index in [2.05, 4.69) is 0 Å². The first-order valence-electron chi connectivity index (χ1n) is 7.93. The van der Waals surface area contributed by atoms with Crippen LogP contribution in [0, 0.1) is 0 Å². The molecule has 0 radical (unpaired) electrons. The monoisotopic (exact) mass is 400 g/mol.